The van der Waals surface area contributed by atoms with Crippen molar-refractivity contribution in [3.05, 3.63) is 79.3 Å². The van der Waals surface area contributed by atoms with Gasteiger partial charge in [-0.3, -0.25) is 9.89 Å². The lowest BCUT2D eigenvalue weighted by Gasteiger charge is -2.06. The molecule has 0 aliphatic heterocycles. The number of nitrogens with zero attached hydrogens (tertiary/aromatic N) is 2. The topological polar surface area (TPSA) is 50.7 Å². The van der Waals surface area contributed by atoms with E-state index in [0.29, 0.717) is 33.1 Å². The summed E-state index contributed by atoms with van der Waals surface area (Å²) in [4.78, 5) is 16.4. The van der Waals surface area contributed by atoms with Gasteiger partial charge in [0.25, 0.3) is 5.56 Å². The number of halogens is 5. The number of pyridine rings is 1. The predicted molar refractivity (Wildman–Crippen MR) is 93.2 cm³/mol. The Kier molecular flexibility index (Phi) is 4.86. The van der Waals surface area contributed by atoms with Gasteiger partial charge < -0.3 is 0 Å². The third-order valence-electron chi connectivity index (χ3n) is 3.88. The number of aromatic nitrogens is 3. The highest BCUT2D eigenvalue weighted by Gasteiger charge is 2.30. The molecule has 0 aliphatic carbocycles. The van der Waals surface area contributed by atoms with Crippen molar-refractivity contribution < 1.29 is 13.2 Å². The van der Waals surface area contributed by atoms with Crippen molar-refractivity contribution in [2.24, 2.45) is 0 Å². The first-order chi connectivity index (χ1) is 12.2. The molecule has 4 nitrogen and oxygen atoms in total. The Morgan fingerprint density at radius 1 is 1.19 bits per heavy atom. The lowest BCUT2D eigenvalue weighted by molar-refractivity contribution is -0.137. The molecule has 26 heavy (non-hydrogen) atoms. The molecule has 0 saturated carbocycles. The highest BCUT2D eigenvalue weighted by molar-refractivity contribution is 6.35. The molecule has 1 N–H and O–H groups in total. The zero-order valence-electron chi connectivity index (χ0n) is 13.4. The molecule has 0 amide bonds. The highest BCUT2D eigenvalue weighted by atomic mass is 35.5. The van der Waals surface area contributed by atoms with Crippen molar-refractivity contribution >= 4 is 23.2 Å². The van der Waals surface area contributed by atoms with Crippen LogP contribution in [0.3, 0.4) is 0 Å². The third kappa shape index (κ3) is 3.64. The minimum atomic E-state index is -4.49. The molecule has 0 unspecified atom stereocenters. The second-order valence-corrected chi connectivity index (χ2v) is 6.51. The molecule has 2 aromatic heterocycles. The maximum Gasteiger partial charge on any atom is 0.417 e. The molecule has 0 aliphatic rings. The first-order valence-electron chi connectivity index (χ1n) is 7.45. The quantitative estimate of drug-likeness (QED) is 0.685. The average molecular weight is 402 g/mol. The third-order valence-corrected chi connectivity index (χ3v) is 4.47. The molecule has 0 spiro atoms. The van der Waals surface area contributed by atoms with Gasteiger partial charge in [0.05, 0.1) is 5.56 Å². The number of hydrogen-bond acceptors (Lipinski definition) is 2. The van der Waals surface area contributed by atoms with Crippen LogP contribution in [0.5, 0.6) is 0 Å². The summed E-state index contributed by atoms with van der Waals surface area (Å²) < 4.78 is 39.0. The maximum absolute atomic E-state index is 12.7. The van der Waals surface area contributed by atoms with Crippen LogP contribution in [0.2, 0.25) is 10.0 Å². The Morgan fingerprint density at radius 3 is 2.50 bits per heavy atom. The molecule has 3 aromatic rings. The molecule has 2 heterocycles. The Labute approximate surface area is 156 Å². The van der Waals surface area contributed by atoms with Crippen LogP contribution >= 0.6 is 23.2 Å². The maximum atomic E-state index is 12.7. The van der Waals surface area contributed by atoms with Crippen LogP contribution in [0, 0.1) is 6.92 Å². The highest BCUT2D eigenvalue weighted by Crippen LogP contribution is 2.28. The molecule has 9 heteroatoms. The molecule has 0 atom stereocenters. The van der Waals surface area contributed by atoms with Crippen LogP contribution in [0.15, 0.2) is 41.3 Å². The number of hydrogen-bond donors (Lipinski definition) is 1. The van der Waals surface area contributed by atoms with Gasteiger partial charge in [0, 0.05) is 33.9 Å². The van der Waals surface area contributed by atoms with Gasteiger partial charge in [-0.05, 0) is 36.8 Å². The molecular formula is C17H12Cl2F3N3O. The van der Waals surface area contributed by atoms with E-state index in [1.54, 1.807) is 25.1 Å². The van der Waals surface area contributed by atoms with Crippen LogP contribution in [0.4, 0.5) is 13.2 Å². The van der Waals surface area contributed by atoms with Gasteiger partial charge >= 0.3 is 6.18 Å². The van der Waals surface area contributed by atoms with E-state index in [4.69, 9.17) is 23.2 Å². The van der Waals surface area contributed by atoms with Crippen LogP contribution in [0.1, 0.15) is 22.4 Å². The number of aromatic amines is 1. The van der Waals surface area contributed by atoms with E-state index in [1.165, 1.54) is 0 Å². The lowest BCUT2D eigenvalue weighted by Crippen LogP contribution is -2.19. The fraction of sp³-hybridized carbons (Fsp3) is 0.176. The summed E-state index contributed by atoms with van der Waals surface area (Å²) in [6, 6.07) is 6.98. The molecule has 0 fully saturated rings. The fourth-order valence-corrected chi connectivity index (χ4v) is 2.97. The first kappa shape index (κ1) is 18.5. The summed E-state index contributed by atoms with van der Waals surface area (Å²) in [5.74, 6) is 0.0690. The predicted octanol–water partition coefficient (Wildman–Crippen LogP) is 4.79. The van der Waals surface area contributed by atoms with Gasteiger partial charge in [0.1, 0.15) is 0 Å². The van der Waals surface area contributed by atoms with Gasteiger partial charge in [-0.1, -0.05) is 29.3 Å². The Morgan fingerprint density at radius 2 is 1.92 bits per heavy atom. The minimum absolute atomic E-state index is 0.0690. The Balaban J connectivity index is 1.97. The smallest absolute Gasteiger partial charge is 0.294 e. The fourth-order valence-electron chi connectivity index (χ4n) is 2.49. The second-order valence-electron chi connectivity index (χ2n) is 5.67. The lowest BCUT2D eigenvalue weighted by atomic mass is 10.1. The van der Waals surface area contributed by atoms with Crippen molar-refractivity contribution in [1.29, 1.82) is 0 Å². The van der Waals surface area contributed by atoms with Crippen LogP contribution in [-0.2, 0) is 12.6 Å². The number of rotatable bonds is 3. The van der Waals surface area contributed by atoms with Crippen LogP contribution in [-0.4, -0.2) is 14.8 Å². The van der Waals surface area contributed by atoms with E-state index >= 15 is 0 Å². The molecule has 0 radical (unpaired) electrons. The van der Waals surface area contributed by atoms with E-state index in [0.717, 1.165) is 16.8 Å². The van der Waals surface area contributed by atoms with E-state index < -0.39 is 17.3 Å². The minimum Gasteiger partial charge on any atom is -0.294 e. The average Bonchev–Trinajstić information content (AvgIpc) is 2.84. The monoisotopic (exact) mass is 401 g/mol. The van der Waals surface area contributed by atoms with Crippen LogP contribution in [0.25, 0.3) is 5.82 Å². The number of alkyl halides is 3. The standard InChI is InChI=1S/C17H12Cl2F3N3O/c1-9-13(6-10-2-4-12(18)7-14(10)19)16(26)25(24-9)15-5-3-11(8-23-15)17(20,21)22/h2-5,7-8,24H,6H2,1H3. The van der Waals surface area contributed by atoms with E-state index in [-0.39, 0.29) is 12.2 Å². The van der Waals surface area contributed by atoms with Crippen molar-refractivity contribution in [1.82, 2.24) is 14.8 Å². The number of H-pyrrole nitrogens is 1. The van der Waals surface area contributed by atoms with Crippen molar-refractivity contribution in [3.63, 3.8) is 0 Å². The molecule has 136 valence electrons. The number of nitrogens with one attached hydrogen (secondary N) is 1. The molecule has 3 rings (SSSR count). The number of aryl methyl sites for hydroxylation is 1. The van der Waals surface area contributed by atoms with Gasteiger partial charge in [0.2, 0.25) is 0 Å². The zero-order valence-corrected chi connectivity index (χ0v) is 14.9. The van der Waals surface area contributed by atoms with E-state index in [9.17, 15) is 18.0 Å². The second kappa shape index (κ2) is 6.81. The molecule has 1 aromatic carbocycles. The summed E-state index contributed by atoms with van der Waals surface area (Å²) in [6.07, 6.45) is -3.54. The summed E-state index contributed by atoms with van der Waals surface area (Å²) >= 11 is 12.0. The largest absolute Gasteiger partial charge is 0.417 e. The number of benzene rings is 1. The zero-order chi connectivity index (χ0) is 19.1. The molecule has 0 saturated heterocycles. The summed E-state index contributed by atoms with van der Waals surface area (Å²) in [6.45, 7) is 1.70. The molecule has 0 bridgehead atoms. The van der Waals surface area contributed by atoms with Crippen molar-refractivity contribution in [2.45, 2.75) is 19.5 Å². The Bertz CT molecular complexity index is 1010. The van der Waals surface area contributed by atoms with Crippen molar-refractivity contribution in [3.8, 4) is 5.82 Å². The van der Waals surface area contributed by atoms with Gasteiger partial charge in [-0.2, -0.15) is 13.2 Å². The van der Waals surface area contributed by atoms with Crippen LogP contribution < -0.4 is 5.56 Å². The van der Waals surface area contributed by atoms with Crippen molar-refractivity contribution in [2.75, 3.05) is 0 Å². The normalized spacial score (nSPS) is 11.8. The summed E-state index contributed by atoms with van der Waals surface area (Å²) in [5, 5.41) is 3.74. The van der Waals surface area contributed by atoms with Gasteiger partial charge in [-0.25, -0.2) is 9.67 Å². The summed E-state index contributed by atoms with van der Waals surface area (Å²) in [7, 11) is 0. The van der Waals surface area contributed by atoms with Gasteiger partial charge in [-0.15, -0.1) is 0 Å². The van der Waals surface area contributed by atoms with E-state index in [2.05, 4.69) is 10.1 Å². The molecular weight excluding hydrogens is 390 g/mol. The van der Waals surface area contributed by atoms with E-state index in [1.807, 2.05) is 0 Å². The van der Waals surface area contributed by atoms with Gasteiger partial charge in [0.15, 0.2) is 5.82 Å². The first-order valence-corrected chi connectivity index (χ1v) is 8.20. The SMILES string of the molecule is Cc1[nH]n(-c2ccc(C(F)(F)F)cn2)c(=O)c1Cc1ccc(Cl)cc1Cl. The Hall–Kier alpha value is -2.25. The summed E-state index contributed by atoms with van der Waals surface area (Å²) in [5.41, 5.74) is 0.438.